The number of thiophene rings is 1. The molecule has 2 rings (SSSR count). The fraction of sp³-hybridized carbons (Fsp3) is 0.0833. The third-order valence-electron chi connectivity index (χ3n) is 2.39. The Morgan fingerprint density at radius 3 is 3.05 bits per heavy atom. The van der Waals surface area contributed by atoms with Crippen LogP contribution in [0.1, 0.15) is 26.6 Å². The summed E-state index contributed by atoms with van der Waals surface area (Å²) < 4.78 is 5.02. The first-order chi connectivity index (χ1) is 9.13. The van der Waals surface area contributed by atoms with Gasteiger partial charge in [0.1, 0.15) is 21.7 Å². The van der Waals surface area contributed by atoms with Gasteiger partial charge in [-0.25, -0.2) is 5.43 Å². The van der Waals surface area contributed by atoms with Crippen LogP contribution in [0.4, 0.5) is 5.00 Å². The summed E-state index contributed by atoms with van der Waals surface area (Å²) in [7, 11) is 0. The molecule has 0 saturated heterocycles. The molecule has 0 aliphatic heterocycles. The Bertz CT molecular complexity index is 665. The third kappa shape index (κ3) is 2.64. The van der Waals surface area contributed by atoms with E-state index in [4.69, 9.17) is 15.4 Å². The lowest BCUT2D eigenvalue weighted by Crippen LogP contribution is -2.17. The molecule has 0 saturated carbocycles. The predicted molar refractivity (Wildman–Crippen MR) is 72.0 cm³/mol. The lowest BCUT2D eigenvalue weighted by atomic mass is 10.2. The largest absolute Gasteiger partial charge is 0.463 e. The van der Waals surface area contributed by atoms with Crippen molar-refractivity contribution in [1.82, 2.24) is 5.43 Å². The zero-order chi connectivity index (χ0) is 13.8. The molecule has 0 fully saturated rings. The van der Waals surface area contributed by atoms with Crippen LogP contribution in [0.5, 0.6) is 0 Å². The lowest BCUT2D eigenvalue weighted by molar-refractivity contribution is 0.0958. The highest BCUT2D eigenvalue weighted by molar-refractivity contribution is 7.18. The first-order valence-electron chi connectivity index (χ1n) is 5.29. The molecule has 6 nitrogen and oxygen atoms in total. The number of nitrogens with one attached hydrogen (secondary N) is 1. The summed E-state index contributed by atoms with van der Waals surface area (Å²) in [5.41, 5.74) is 8.92. The SMILES string of the molecule is Cc1c(C(=O)NN=Cc2ccco2)sc(N)c1C#N. The minimum atomic E-state index is -0.404. The second-order valence-corrected chi connectivity index (χ2v) is 4.67. The first kappa shape index (κ1) is 12.9. The van der Waals surface area contributed by atoms with E-state index in [-0.39, 0.29) is 0 Å². The number of hydrogen-bond donors (Lipinski definition) is 2. The molecule has 1 amide bonds. The number of hydrazone groups is 1. The van der Waals surface area contributed by atoms with Gasteiger partial charge in [-0.1, -0.05) is 0 Å². The molecule has 2 aromatic heterocycles. The average Bonchev–Trinajstić information content (AvgIpc) is 2.98. The Kier molecular flexibility index (Phi) is 3.63. The minimum absolute atomic E-state index is 0.333. The maximum atomic E-state index is 11.9. The van der Waals surface area contributed by atoms with Crippen LogP contribution in [-0.2, 0) is 0 Å². The Morgan fingerprint density at radius 2 is 2.47 bits per heavy atom. The number of nitrogen functional groups attached to an aromatic ring is 1. The van der Waals surface area contributed by atoms with Gasteiger partial charge in [-0.15, -0.1) is 11.3 Å². The normalized spacial score (nSPS) is 10.5. The molecular formula is C12H10N4O2S. The molecule has 0 unspecified atom stereocenters. The van der Waals surface area contributed by atoms with E-state index >= 15 is 0 Å². The molecule has 96 valence electrons. The van der Waals surface area contributed by atoms with Crippen molar-refractivity contribution in [3.63, 3.8) is 0 Å². The molecule has 0 aliphatic carbocycles. The van der Waals surface area contributed by atoms with E-state index in [1.807, 2.05) is 6.07 Å². The number of carbonyl (C=O) groups is 1. The number of hydrogen-bond acceptors (Lipinski definition) is 6. The van der Waals surface area contributed by atoms with Crippen molar-refractivity contribution in [3.05, 3.63) is 40.2 Å². The summed E-state index contributed by atoms with van der Waals surface area (Å²) in [6.07, 6.45) is 2.89. The molecule has 0 bridgehead atoms. The van der Waals surface area contributed by atoms with E-state index in [9.17, 15) is 4.79 Å². The van der Waals surface area contributed by atoms with Gasteiger partial charge in [0.05, 0.1) is 18.0 Å². The fourth-order valence-electron chi connectivity index (χ4n) is 1.46. The van der Waals surface area contributed by atoms with Gasteiger partial charge < -0.3 is 10.2 Å². The molecule has 0 radical (unpaired) electrons. The Balaban J connectivity index is 2.11. The van der Waals surface area contributed by atoms with Crippen molar-refractivity contribution in [2.75, 3.05) is 5.73 Å². The predicted octanol–water partition coefficient (Wildman–Crippen LogP) is 1.87. The molecule has 2 heterocycles. The summed E-state index contributed by atoms with van der Waals surface area (Å²) in [5, 5.41) is 13.0. The summed E-state index contributed by atoms with van der Waals surface area (Å²) in [5.74, 6) is 0.124. The van der Waals surface area contributed by atoms with E-state index in [2.05, 4.69) is 10.5 Å². The van der Waals surface area contributed by atoms with E-state index in [0.29, 0.717) is 26.8 Å². The standard InChI is InChI=1S/C12H10N4O2S/c1-7-9(5-13)11(14)19-10(7)12(17)16-15-6-8-3-2-4-18-8/h2-4,6H,14H2,1H3,(H,16,17). The average molecular weight is 274 g/mol. The number of amides is 1. The summed E-state index contributed by atoms with van der Waals surface area (Å²) >= 11 is 1.07. The monoisotopic (exact) mass is 274 g/mol. The summed E-state index contributed by atoms with van der Waals surface area (Å²) in [4.78, 5) is 12.2. The molecular weight excluding hydrogens is 264 g/mol. The summed E-state index contributed by atoms with van der Waals surface area (Å²) in [6, 6.07) is 5.39. The molecule has 3 N–H and O–H groups in total. The van der Waals surface area contributed by atoms with Crippen molar-refractivity contribution >= 4 is 28.5 Å². The number of rotatable bonds is 3. The minimum Gasteiger partial charge on any atom is -0.463 e. The van der Waals surface area contributed by atoms with Crippen molar-refractivity contribution in [3.8, 4) is 6.07 Å². The second-order valence-electron chi connectivity index (χ2n) is 3.62. The van der Waals surface area contributed by atoms with Gasteiger partial charge >= 0.3 is 0 Å². The van der Waals surface area contributed by atoms with Gasteiger partial charge in [0, 0.05) is 0 Å². The van der Waals surface area contributed by atoms with Crippen LogP contribution in [0.3, 0.4) is 0 Å². The van der Waals surface area contributed by atoms with Crippen LogP contribution in [-0.4, -0.2) is 12.1 Å². The quantitative estimate of drug-likeness (QED) is 0.658. The Hall–Kier alpha value is -2.59. The Morgan fingerprint density at radius 1 is 1.68 bits per heavy atom. The van der Waals surface area contributed by atoms with Crippen LogP contribution in [0, 0.1) is 18.3 Å². The van der Waals surface area contributed by atoms with E-state index < -0.39 is 5.91 Å². The van der Waals surface area contributed by atoms with Crippen LogP contribution in [0.2, 0.25) is 0 Å². The maximum absolute atomic E-state index is 11.9. The topological polar surface area (TPSA) is 104 Å². The van der Waals surface area contributed by atoms with Gasteiger partial charge in [-0.05, 0) is 24.6 Å². The molecule has 0 spiro atoms. The number of nitrogens with two attached hydrogens (primary N) is 1. The number of nitriles is 1. The highest BCUT2D eigenvalue weighted by Crippen LogP contribution is 2.29. The van der Waals surface area contributed by atoms with Crippen molar-refractivity contribution in [1.29, 1.82) is 5.26 Å². The van der Waals surface area contributed by atoms with Gasteiger partial charge in [-0.2, -0.15) is 10.4 Å². The fourth-order valence-corrected chi connectivity index (χ4v) is 2.38. The number of anilines is 1. The van der Waals surface area contributed by atoms with Gasteiger partial charge in [0.25, 0.3) is 5.91 Å². The summed E-state index contributed by atoms with van der Waals surface area (Å²) in [6.45, 7) is 1.68. The third-order valence-corrected chi connectivity index (χ3v) is 3.51. The molecule has 0 aliphatic rings. The molecule has 7 heteroatoms. The number of nitrogens with zero attached hydrogens (tertiary/aromatic N) is 2. The zero-order valence-corrected chi connectivity index (χ0v) is 10.8. The zero-order valence-electron chi connectivity index (χ0n) is 10.0. The smallest absolute Gasteiger partial charge is 0.281 e. The van der Waals surface area contributed by atoms with Crippen LogP contribution in [0.25, 0.3) is 0 Å². The number of carbonyl (C=O) groups excluding carboxylic acids is 1. The van der Waals surface area contributed by atoms with Crippen LogP contribution >= 0.6 is 11.3 Å². The van der Waals surface area contributed by atoms with Crippen LogP contribution in [0.15, 0.2) is 27.9 Å². The van der Waals surface area contributed by atoms with Crippen molar-refractivity contribution in [2.45, 2.75) is 6.92 Å². The Labute approximate surface area is 113 Å². The van der Waals surface area contributed by atoms with E-state index in [1.165, 1.54) is 12.5 Å². The highest BCUT2D eigenvalue weighted by atomic mass is 32.1. The van der Waals surface area contributed by atoms with Crippen molar-refractivity contribution < 1.29 is 9.21 Å². The maximum Gasteiger partial charge on any atom is 0.281 e. The lowest BCUT2D eigenvalue weighted by Gasteiger charge is -1.97. The second kappa shape index (κ2) is 5.37. The van der Waals surface area contributed by atoms with E-state index in [1.54, 1.807) is 19.1 Å². The van der Waals surface area contributed by atoms with Gasteiger partial charge in [0.15, 0.2) is 0 Å². The van der Waals surface area contributed by atoms with Gasteiger partial charge in [0.2, 0.25) is 0 Å². The first-order valence-corrected chi connectivity index (χ1v) is 6.11. The van der Waals surface area contributed by atoms with Crippen LogP contribution < -0.4 is 11.2 Å². The van der Waals surface area contributed by atoms with Crippen molar-refractivity contribution in [2.24, 2.45) is 5.10 Å². The van der Waals surface area contributed by atoms with Gasteiger partial charge in [-0.3, -0.25) is 4.79 Å². The molecule has 0 aromatic carbocycles. The molecule has 2 aromatic rings. The number of furan rings is 1. The molecule has 19 heavy (non-hydrogen) atoms. The van der Waals surface area contributed by atoms with E-state index in [0.717, 1.165) is 11.3 Å². The molecule has 0 atom stereocenters. The highest BCUT2D eigenvalue weighted by Gasteiger charge is 2.18.